The van der Waals surface area contributed by atoms with Gasteiger partial charge in [0, 0.05) is 37.0 Å². The Morgan fingerprint density at radius 2 is 2.00 bits per heavy atom. The molecule has 0 fully saturated rings. The van der Waals surface area contributed by atoms with Gasteiger partial charge in [-0.2, -0.15) is 0 Å². The summed E-state index contributed by atoms with van der Waals surface area (Å²) >= 11 is 0. The van der Waals surface area contributed by atoms with Crippen molar-refractivity contribution in [3.63, 3.8) is 0 Å². The molecule has 0 amide bonds. The lowest BCUT2D eigenvalue weighted by Crippen LogP contribution is -2.17. The molecule has 5 nitrogen and oxygen atoms in total. The second-order valence-corrected chi connectivity index (χ2v) is 5.17. The predicted octanol–water partition coefficient (Wildman–Crippen LogP) is 2.77. The van der Waals surface area contributed by atoms with Crippen molar-refractivity contribution in [2.24, 2.45) is 0 Å². The molecule has 1 heterocycles. The van der Waals surface area contributed by atoms with Crippen molar-refractivity contribution < 1.29 is 9.47 Å². The zero-order valence-electron chi connectivity index (χ0n) is 13.1. The largest absolute Gasteiger partial charge is 0.497 e. The molecule has 1 aromatic heterocycles. The highest BCUT2D eigenvalue weighted by atomic mass is 16.5. The topological polar surface area (TPSA) is 48.3 Å². The number of hydrogen-bond donors (Lipinski definition) is 1. The number of hydrogen-bond acceptors (Lipinski definition) is 4. The van der Waals surface area contributed by atoms with Gasteiger partial charge < -0.3 is 19.4 Å². The zero-order chi connectivity index (χ0) is 15.2. The summed E-state index contributed by atoms with van der Waals surface area (Å²) in [6.45, 7) is 5.80. The summed E-state index contributed by atoms with van der Waals surface area (Å²) in [7, 11) is 3.33. The summed E-state index contributed by atoms with van der Waals surface area (Å²) in [5.74, 6) is 1.63. The smallest absolute Gasteiger partial charge is 0.127 e. The number of nitrogens with one attached hydrogen (secondary N) is 1. The second-order valence-electron chi connectivity index (χ2n) is 5.17. The van der Waals surface area contributed by atoms with E-state index in [1.807, 2.05) is 30.7 Å². The van der Waals surface area contributed by atoms with E-state index in [4.69, 9.17) is 9.47 Å². The van der Waals surface area contributed by atoms with Crippen LogP contribution in [0.15, 0.2) is 30.7 Å². The number of ether oxygens (including phenoxy) is 2. The standard InChI is InChI=1S/C16H23N3O2/c1-12(2)19-11-18-10-14(19)9-17-8-13-5-6-15(20-3)7-16(13)21-4/h5-7,10-12,17H,8-9H2,1-4H3. The van der Waals surface area contributed by atoms with E-state index in [2.05, 4.69) is 28.7 Å². The molecule has 0 aliphatic carbocycles. The number of imidazole rings is 1. The van der Waals surface area contributed by atoms with Crippen molar-refractivity contribution in [1.29, 1.82) is 0 Å². The van der Waals surface area contributed by atoms with Crippen LogP contribution in [-0.4, -0.2) is 23.8 Å². The molecule has 5 heteroatoms. The molecule has 21 heavy (non-hydrogen) atoms. The fourth-order valence-corrected chi connectivity index (χ4v) is 2.26. The van der Waals surface area contributed by atoms with Crippen LogP contribution in [0.3, 0.4) is 0 Å². The van der Waals surface area contributed by atoms with E-state index in [0.29, 0.717) is 6.04 Å². The van der Waals surface area contributed by atoms with Crippen molar-refractivity contribution in [2.45, 2.75) is 33.0 Å². The van der Waals surface area contributed by atoms with Gasteiger partial charge in [-0.1, -0.05) is 6.07 Å². The van der Waals surface area contributed by atoms with Crippen LogP contribution in [0.1, 0.15) is 31.1 Å². The number of rotatable bonds is 7. The average Bonchev–Trinajstić information content (AvgIpc) is 2.96. The van der Waals surface area contributed by atoms with Gasteiger partial charge in [-0.3, -0.25) is 0 Å². The first-order valence-corrected chi connectivity index (χ1v) is 7.08. The second kappa shape index (κ2) is 7.13. The molecule has 1 N–H and O–H groups in total. The maximum Gasteiger partial charge on any atom is 0.127 e. The molecule has 0 atom stereocenters. The van der Waals surface area contributed by atoms with Crippen molar-refractivity contribution in [1.82, 2.24) is 14.9 Å². The molecular weight excluding hydrogens is 266 g/mol. The van der Waals surface area contributed by atoms with Gasteiger partial charge in [0.2, 0.25) is 0 Å². The fraction of sp³-hybridized carbons (Fsp3) is 0.438. The molecule has 0 spiro atoms. The first kappa shape index (κ1) is 15.4. The maximum atomic E-state index is 5.40. The Morgan fingerprint density at radius 1 is 1.19 bits per heavy atom. The summed E-state index contributed by atoms with van der Waals surface area (Å²) in [5, 5.41) is 3.43. The van der Waals surface area contributed by atoms with Crippen molar-refractivity contribution in [2.75, 3.05) is 14.2 Å². The van der Waals surface area contributed by atoms with Crippen molar-refractivity contribution in [3.8, 4) is 11.5 Å². The third kappa shape index (κ3) is 3.76. The molecule has 0 saturated heterocycles. The van der Waals surface area contributed by atoms with Gasteiger partial charge in [-0.25, -0.2) is 4.98 Å². The quantitative estimate of drug-likeness (QED) is 0.851. The lowest BCUT2D eigenvalue weighted by atomic mass is 10.2. The summed E-state index contributed by atoms with van der Waals surface area (Å²) in [5.41, 5.74) is 2.28. The summed E-state index contributed by atoms with van der Waals surface area (Å²) < 4.78 is 12.8. The minimum absolute atomic E-state index is 0.417. The molecule has 0 aliphatic rings. The van der Waals surface area contributed by atoms with Crippen LogP contribution < -0.4 is 14.8 Å². The summed E-state index contributed by atoms with van der Waals surface area (Å²) in [4.78, 5) is 4.21. The molecule has 1 aromatic carbocycles. The lowest BCUT2D eigenvalue weighted by Gasteiger charge is -2.14. The number of methoxy groups -OCH3 is 2. The predicted molar refractivity (Wildman–Crippen MR) is 82.7 cm³/mol. The highest BCUT2D eigenvalue weighted by molar-refractivity contribution is 5.40. The Morgan fingerprint density at radius 3 is 2.67 bits per heavy atom. The van der Waals surface area contributed by atoms with Crippen LogP contribution in [0.5, 0.6) is 11.5 Å². The number of nitrogens with zero attached hydrogens (tertiary/aromatic N) is 2. The van der Waals surface area contributed by atoms with Crippen LogP contribution in [0.2, 0.25) is 0 Å². The number of aromatic nitrogens is 2. The molecule has 2 rings (SSSR count). The Hall–Kier alpha value is -2.01. The third-order valence-corrected chi connectivity index (χ3v) is 3.42. The van der Waals surface area contributed by atoms with E-state index in [1.165, 1.54) is 5.69 Å². The first-order chi connectivity index (χ1) is 10.2. The van der Waals surface area contributed by atoms with Crippen LogP contribution in [-0.2, 0) is 13.1 Å². The van der Waals surface area contributed by atoms with E-state index in [9.17, 15) is 0 Å². The highest BCUT2D eigenvalue weighted by Gasteiger charge is 2.07. The van der Waals surface area contributed by atoms with Gasteiger partial charge in [0.15, 0.2) is 0 Å². The summed E-state index contributed by atoms with van der Waals surface area (Å²) in [6.07, 6.45) is 3.77. The molecular formula is C16H23N3O2. The van der Waals surface area contributed by atoms with Gasteiger partial charge in [0.05, 0.1) is 26.2 Å². The van der Waals surface area contributed by atoms with Gasteiger partial charge in [0.25, 0.3) is 0 Å². The zero-order valence-corrected chi connectivity index (χ0v) is 13.1. The lowest BCUT2D eigenvalue weighted by molar-refractivity contribution is 0.389. The first-order valence-electron chi connectivity index (χ1n) is 7.08. The fourth-order valence-electron chi connectivity index (χ4n) is 2.26. The van der Waals surface area contributed by atoms with Crippen LogP contribution in [0.4, 0.5) is 0 Å². The van der Waals surface area contributed by atoms with E-state index >= 15 is 0 Å². The maximum absolute atomic E-state index is 5.40. The van der Waals surface area contributed by atoms with Crippen molar-refractivity contribution in [3.05, 3.63) is 42.0 Å². The van der Waals surface area contributed by atoms with Gasteiger partial charge in [0.1, 0.15) is 11.5 Å². The van der Waals surface area contributed by atoms with Crippen LogP contribution in [0, 0.1) is 0 Å². The molecule has 0 bridgehead atoms. The Kier molecular flexibility index (Phi) is 5.22. The van der Waals surface area contributed by atoms with E-state index in [0.717, 1.165) is 30.2 Å². The minimum Gasteiger partial charge on any atom is -0.497 e. The summed E-state index contributed by atoms with van der Waals surface area (Å²) in [6, 6.07) is 6.28. The normalized spacial score (nSPS) is 10.9. The number of benzene rings is 1. The Bertz CT molecular complexity index is 579. The van der Waals surface area contributed by atoms with Crippen LogP contribution in [0.25, 0.3) is 0 Å². The average molecular weight is 289 g/mol. The van der Waals surface area contributed by atoms with E-state index < -0.39 is 0 Å². The molecule has 0 aliphatic heterocycles. The molecule has 0 saturated carbocycles. The molecule has 114 valence electrons. The minimum atomic E-state index is 0.417. The van der Waals surface area contributed by atoms with Crippen LogP contribution >= 0.6 is 0 Å². The molecule has 0 unspecified atom stereocenters. The van der Waals surface area contributed by atoms with Crippen molar-refractivity contribution >= 4 is 0 Å². The molecule has 2 aromatic rings. The van der Waals surface area contributed by atoms with Gasteiger partial charge >= 0.3 is 0 Å². The van der Waals surface area contributed by atoms with Gasteiger partial charge in [-0.05, 0) is 19.9 Å². The third-order valence-electron chi connectivity index (χ3n) is 3.42. The van der Waals surface area contributed by atoms with Gasteiger partial charge in [-0.15, -0.1) is 0 Å². The SMILES string of the molecule is COc1ccc(CNCc2cncn2C(C)C)c(OC)c1. The Labute approximate surface area is 125 Å². The monoisotopic (exact) mass is 289 g/mol. The Balaban J connectivity index is 1.98. The van der Waals surface area contributed by atoms with E-state index in [-0.39, 0.29) is 0 Å². The molecule has 0 radical (unpaired) electrons. The van der Waals surface area contributed by atoms with E-state index in [1.54, 1.807) is 14.2 Å². The highest BCUT2D eigenvalue weighted by Crippen LogP contribution is 2.24.